The fourth-order valence-corrected chi connectivity index (χ4v) is 4.36. The molecule has 1 unspecified atom stereocenters. The Morgan fingerprint density at radius 3 is 2.45 bits per heavy atom. The second kappa shape index (κ2) is 10.2. The Hall–Kier alpha value is 0.310. The van der Waals surface area contributed by atoms with Crippen LogP contribution in [-0.2, 0) is 0 Å². The number of thioether (sulfide) groups is 1. The van der Waals surface area contributed by atoms with Crippen LogP contribution in [-0.4, -0.2) is 60.6 Å². The molecule has 0 aromatic rings. The summed E-state index contributed by atoms with van der Waals surface area (Å²) in [5.74, 6) is 3.55. The van der Waals surface area contributed by atoms with Gasteiger partial charge < -0.3 is 10.6 Å². The molecule has 1 heterocycles. The molecule has 0 radical (unpaired) electrons. The van der Waals surface area contributed by atoms with Gasteiger partial charge in [-0.15, -0.1) is 24.0 Å². The Labute approximate surface area is 157 Å². The summed E-state index contributed by atoms with van der Waals surface area (Å²) in [5.41, 5.74) is 0.369. The molecule has 0 aromatic heterocycles. The predicted octanol–water partition coefficient (Wildman–Crippen LogP) is 2.93. The largest absolute Gasteiger partial charge is 0.355 e. The van der Waals surface area contributed by atoms with Crippen molar-refractivity contribution in [2.75, 3.05) is 38.2 Å². The highest BCUT2D eigenvalue weighted by atomic mass is 127. The zero-order valence-electron chi connectivity index (χ0n) is 14.4. The lowest BCUT2D eigenvalue weighted by Crippen LogP contribution is -2.58. The van der Waals surface area contributed by atoms with Crippen LogP contribution in [0.5, 0.6) is 0 Å². The summed E-state index contributed by atoms with van der Waals surface area (Å²) in [5, 5.41) is 7.08. The maximum atomic E-state index is 4.38. The Bertz CT molecular complexity index is 339. The minimum absolute atomic E-state index is 0. The summed E-state index contributed by atoms with van der Waals surface area (Å²) >= 11 is 2.10. The first-order valence-corrected chi connectivity index (χ1v) is 9.65. The molecule has 1 saturated carbocycles. The number of hydrogen-bond acceptors (Lipinski definition) is 3. The molecule has 1 atom stereocenters. The molecule has 2 N–H and O–H groups in total. The van der Waals surface area contributed by atoms with E-state index in [2.05, 4.69) is 46.1 Å². The van der Waals surface area contributed by atoms with Crippen LogP contribution >= 0.6 is 35.7 Å². The minimum atomic E-state index is 0. The second-order valence-electron chi connectivity index (χ2n) is 6.41. The SMILES string of the molecule is CCC(C)NC(=NC)NCC1(N2CCSCC2)CCCC1.I. The van der Waals surface area contributed by atoms with E-state index in [1.54, 1.807) is 0 Å². The molecular formula is C16H33IN4S. The van der Waals surface area contributed by atoms with Gasteiger partial charge in [0.25, 0.3) is 0 Å². The van der Waals surface area contributed by atoms with E-state index in [-0.39, 0.29) is 24.0 Å². The molecule has 0 amide bonds. The first-order chi connectivity index (χ1) is 10.2. The van der Waals surface area contributed by atoms with Crippen molar-refractivity contribution < 1.29 is 0 Å². The summed E-state index contributed by atoms with van der Waals surface area (Å²) in [4.78, 5) is 7.14. The molecule has 130 valence electrons. The first kappa shape index (κ1) is 20.4. The van der Waals surface area contributed by atoms with Crippen LogP contribution in [0.3, 0.4) is 0 Å². The minimum Gasteiger partial charge on any atom is -0.355 e. The number of aliphatic imine (C=N–C) groups is 1. The van der Waals surface area contributed by atoms with Crippen LogP contribution in [0.4, 0.5) is 0 Å². The van der Waals surface area contributed by atoms with Crippen LogP contribution in [0.2, 0.25) is 0 Å². The highest BCUT2D eigenvalue weighted by Crippen LogP contribution is 2.36. The summed E-state index contributed by atoms with van der Waals surface area (Å²) in [6, 6.07) is 0.474. The Kier molecular flexibility index (Phi) is 9.47. The summed E-state index contributed by atoms with van der Waals surface area (Å²) in [6.45, 7) is 7.95. The predicted molar refractivity (Wildman–Crippen MR) is 110 cm³/mol. The highest BCUT2D eigenvalue weighted by Gasteiger charge is 2.39. The Morgan fingerprint density at radius 2 is 1.91 bits per heavy atom. The molecule has 22 heavy (non-hydrogen) atoms. The van der Waals surface area contributed by atoms with Crippen molar-refractivity contribution in [2.24, 2.45) is 4.99 Å². The molecule has 4 nitrogen and oxygen atoms in total. The number of nitrogens with one attached hydrogen (secondary N) is 2. The van der Waals surface area contributed by atoms with Crippen molar-refractivity contribution in [2.45, 2.75) is 57.5 Å². The lowest BCUT2D eigenvalue weighted by molar-refractivity contribution is 0.107. The van der Waals surface area contributed by atoms with Crippen LogP contribution < -0.4 is 10.6 Å². The lowest BCUT2D eigenvalue weighted by Gasteiger charge is -2.43. The van der Waals surface area contributed by atoms with E-state index in [0.29, 0.717) is 11.6 Å². The number of hydrogen-bond donors (Lipinski definition) is 2. The van der Waals surface area contributed by atoms with Crippen molar-refractivity contribution in [1.82, 2.24) is 15.5 Å². The van der Waals surface area contributed by atoms with Crippen molar-refractivity contribution in [1.29, 1.82) is 0 Å². The van der Waals surface area contributed by atoms with E-state index in [9.17, 15) is 0 Å². The Balaban J connectivity index is 0.00000242. The monoisotopic (exact) mass is 440 g/mol. The maximum Gasteiger partial charge on any atom is 0.191 e. The second-order valence-corrected chi connectivity index (χ2v) is 7.64. The average molecular weight is 440 g/mol. The molecule has 1 saturated heterocycles. The van der Waals surface area contributed by atoms with E-state index < -0.39 is 0 Å². The van der Waals surface area contributed by atoms with Crippen LogP contribution in [0.1, 0.15) is 46.0 Å². The zero-order chi connectivity index (χ0) is 15.1. The third-order valence-electron chi connectivity index (χ3n) is 5.02. The molecule has 2 rings (SSSR count). The zero-order valence-corrected chi connectivity index (χ0v) is 17.5. The molecule has 2 fully saturated rings. The highest BCUT2D eigenvalue weighted by molar-refractivity contribution is 14.0. The number of nitrogens with zero attached hydrogens (tertiary/aromatic N) is 2. The fraction of sp³-hybridized carbons (Fsp3) is 0.938. The van der Waals surface area contributed by atoms with Gasteiger partial charge in [0, 0.05) is 49.8 Å². The van der Waals surface area contributed by atoms with Gasteiger partial charge in [-0.2, -0.15) is 11.8 Å². The van der Waals surface area contributed by atoms with Gasteiger partial charge in [0.1, 0.15) is 0 Å². The van der Waals surface area contributed by atoms with Gasteiger partial charge in [-0.05, 0) is 26.2 Å². The van der Waals surface area contributed by atoms with E-state index in [1.807, 2.05) is 7.05 Å². The molecule has 2 aliphatic rings. The molecule has 0 aromatic carbocycles. The smallest absolute Gasteiger partial charge is 0.191 e. The van der Waals surface area contributed by atoms with E-state index >= 15 is 0 Å². The molecule has 6 heteroatoms. The molecule has 0 bridgehead atoms. The first-order valence-electron chi connectivity index (χ1n) is 8.50. The average Bonchev–Trinajstić information content (AvgIpc) is 3.02. The van der Waals surface area contributed by atoms with E-state index in [0.717, 1.165) is 18.9 Å². The van der Waals surface area contributed by atoms with Crippen LogP contribution in [0.15, 0.2) is 4.99 Å². The van der Waals surface area contributed by atoms with Crippen molar-refractivity contribution in [3.05, 3.63) is 0 Å². The van der Waals surface area contributed by atoms with Gasteiger partial charge in [0.05, 0.1) is 0 Å². The Morgan fingerprint density at radius 1 is 1.27 bits per heavy atom. The number of guanidine groups is 1. The van der Waals surface area contributed by atoms with Gasteiger partial charge >= 0.3 is 0 Å². The van der Waals surface area contributed by atoms with Crippen LogP contribution in [0, 0.1) is 0 Å². The van der Waals surface area contributed by atoms with Crippen molar-refractivity contribution in [3.8, 4) is 0 Å². The molecule has 1 aliphatic carbocycles. The van der Waals surface area contributed by atoms with E-state index in [1.165, 1.54) is 50.3 Å². The van der Waals surface area contributed by atoms with Gasteiger partial charge in [-0.3, -0.25) is 9.89 Å². The quantitative estimate of drug-likeness (QED) is 0.392. The lowest BCUT2D eigenvalue weighted by atomic mass is 9.94. The summed E-state index contributed by atoms with van der Waals surface area (Å²) in [6.07, 6.45) is 6.55. The third-order valence-corrected chi connectivity index (χ3v) is 5.96. The standard InChI is InChI=1S/C16H32N4S.HI/c1-4-14(2)19-15(17-3)18-13-16(7-5-6-8-16)20-9-11-21-12-10-20;/h14H,4-13H2,1-3H3,(H2,17,18,19);1H. The van der Waals surface area contributed by atoms with Crippen LogP contribution in [0.25, 0.3) is 0 Å². The summed E-state index contributed by atoms with van der Waals surface area (Å²) < 4.78 is 0. The normalized spacial score (nSPS) is 23.7. The third kappa shape index (κ3) is 5.44. The van der Waals surface area contributed by atoms with Crippen molar-refractivity contribution >= 4 is 41.7 Å². The van der Waals surface area contributed by atoms with Gasteiger partial charge in [0.2, 0.25) is 0 Å². The molecular weight excluding hydrogens is 407 g/mol. The number of halogens is 1. The maximum absolute atomic E-state index is 4.38. The van der Waals surface area contributed by atoms with E-state index in [4.69, 9.17) is 0 Å². The fourth-order valence-electron chi connectivity index (χ4n) is 3.45. The van der Waals surface area contributed by atoms with Gasteiger partial charge in [0.15, 0.2) is 5.96 Å². The molecule has 0 spiro atoms. The summed E-state index contributed by atoms with van der Waals surface area (Å²) in [7, 11) is 1.87. The number of rotatable bonds is 5. The van der Waals surface area contributed by atoms with Crippen molar-refractivity contribution in [3.63, 3.8) is 0 Å². The molecule has 1 aliphatic heterocycles. The van der Waals surface area contributed by atoms with Gasteiger partial charge in [-0.25, -0.2) is 0 Å². The van der Waals surface area contributed by atoms with Gasteiger partial charge in [-0.1, -0.05) is 19.8 Å². The topological polar surface area (TPSA) is 39.7 Å².